The molecule has 20 heavy (non-hydrogen) atoms. The van der Waals surface area contributed by atoms with E-state index in [1.54, 1.807) is 11.3 Å². The van der Waals surface area contributed by atoms with E-state index in [-0.39, 0.29) is 12.4 Å². The van der Waals surface area contributed by atoms with Crippen LogP contribution in [0.1, 0.15) is 37.1 Å². The number of aromatic nitrogens is 1. The maximum absolute atomic E-state index is 3.63. The Morgan fingerprint density at radius 3 is 2.95 bits per heavy atom. The van der Waals surface area contributed by atoms with Crippen LogP contribution in [-0.2, 0) is 13.0 Å². The van der Waals surface area contributed by atoms with Crippen molar-refractivity contribution in [3.8, 4) is 0 Å². The Morgan fingerprint density at radius 1 is 1.30 bits per heavy atom. The molecule has 4 rings (SSSR count). The van der Waals surface area contributed by atoms with E-state index in [1.165, 1.54) is 47.7 Å². The number of benzene rings is 1. The van der Waals surface area contributed by atoms with Gasteiger partial charge in [-0.2, -0.15) is 0 Å². The third-order valence-electron chi connectivity index (χ3n) is 4.85. The molecule has 2 aliphatic rings. The van der Waals surface area contributed by atoms with E-state index in [2.05, 4.69) is 50.5 Å². The monoisotopic (exact) mass is 354 g/mol. The normalized spacial score (nSPS) is 21.6. The Balaban J connectivity index is 0.00000121. The minimum Gasteiger partial charge on any atom is -0.342 e. The largest absolute Gasteiger partial charge is 0.342 e. The van der Waals surface area contributed by atoms with Crippen LogP contribution in [0, 0.1) is 0 Å². The van der Waals surface area contributed by atoms with E-state index in [0.717, 1.165) is 6.54 Å². The third-order valence-corrected chi connectivity index (χ3v) is 5.35. The van der Waals surface area contributed by atoms with Crippen LogP contribution in [0.4, 0.5) is 0 Å². The summed E-state index contributed by atoms with van der Waals surface area (Å²) < 4.78 is 3.79. The first-order valence-electron chi connectivity index (χ1n) is 7.34. The minimum atomic E-state index is 0. The highest BCUT2D eigenvalue weighted by Gasteiger charge is 2.33. The number of rotatable bonds is 1. The Labute approximate surface area is 134 Å². The summed E-state index contributed by atoms with van der Waals surface area (Å²) in [4.78, 5) is 2.66. The molecule has 0 fully saturated rings. The van der Waals surface area contributed by atoms with Crippen LogP contribution < -0.4 is 0 Å². The molecule has 1 aliphatic heterocycles. The molecule has 0 saturated carbocycles. The van der Waals surface area contributed by atoms with Gasteiger partial charge in [-0.05, 0) is 49.6 Å². The fourth-order valence-corrected chi connectivity index (χ4v) is 4.39. The van der Waals surface area contributed by atoms with Crippen molar-refractivity contribution in [2.75, 3.05) is 13.1 Å². The average molecular weight is 356 g/mol. The van der Waals surface area contributed by atoms with Crippen LogP contribution in [-0.4, -0.2) is 22.6 Å². The van der Waals surface area contributed by atoms with Gasteiger partial charge in [0.05, 0.1) is 6.04 Å². The second-order valence-corrected chi connectivity index (χ2v) is 6.63. The van der Waals surface area contributed by atoms with Crippen molar-refractivity contribution in [2.24, 2.45) is 0 Å². The zero-order chi connectivity index (χ0) is 13.0. The van der Waals surface area contributed by atoms with E-state index in [0.29, 0.717) is 6.04 Å². The highest BCUT2D eigenvalue weighted by atomic mass is 79.9. The van der Waals surface area contributed by atoms with E-state index in [1.807, 2.05) is 0 Å². The van der Waals surface area contributed by atoms with Gasteiger partial charge >= 0.3 is 0 Å². The second-order valence-electron chi connectivity index (χ2n) is 5.71. The lowest BCUT2D eigenvalue weighted by Crippen LogP contribution is -2.39. The Hall–Kier alpha value is -0.510. The molecule has 1 atom stereocenters. The van der Waals surface area contributed by atoms with E-state index < -0.39 is 0 Å². The molecule has 2 heterocycles. The van der Waals surface area contributed by atoms with Crippen molar-refractivity contribution in [2.45, 2.75) is 38.8 Å². The summed E-state index contributed by atoms with van der Waals surface area (Å²) in [6.07, 6.45) is 3.92. The van der Waals surface area contributed by atoms with Crippen LogP contribution >= 0.6 is 28.3 Å². The SMILES string of the molecule is CCN1CCn2c3c(c4cc(Br)ccc42)CCCC31.Cl. The minimum absolute atomic E-state index is 0. The summed E-state index contributed by atoms with van der Waals surface area (Å²) in [5.41, 5.74) is 4.68. The molecule has 108 valence electrons. The summed E-state index contributed by atoms with van der Waals surface area (Å²) in [5, 5.41) is 1.48. The molecule has 2 nitrogen and oxygen atoms in total. The number of likely N-dealkylation sites (N-methyl/N-ethyl adjacent to an activating group) is 1. The number of hydrogen-bond acceptors (Lipinski definition) is 1. The van der Waals surface area contributed by atoms with Gasteiger partial charge < -0.3 is 4.57 Å². The molecule has 2 aromatic rings. The van der Waals surface area contributed by atoms with Gasteiger partial charge in [-0.25, -0.2) is 0 Å². The topological polar surface area (TPSA) is 8.17 Å². The highest BCUT2D eigenvalue weighted by molar-refractivity contribution is 9.10. The maximum atomic E-state index is 3.63. The Kier molecular flexibility index (Phi) is 3.87. The van der Waals surface area contributed by atoms with Crippen LogP contribution in [0.5, 0.6) is 0 Å². The van der Waals surface area contributed by atoms with Crippen molar-refractivity contribution in [1.29, 1.82) is 0 Å². The lowest BCUT2D eigenvalue weighted by atomic mass is 9.90. The molecule has 1 aromatic heterocycles. The molecular formula is C16H20BrClN2. The summed E-state index contributed by atoms with van der Waals surface area (Å²) in [6.45, 7) is 5.82. The van der Waals surface area contributed by atoms with Gasteiger partial charge in [-0.3, -0.25) is 4.90 Å². The third kappa shape index (κ3) is 1.94. The highest BCUT2D eigenvalue weighted by Crippen LogP contribution is 2.42. The standard InChI is InChI=1S/C16H19BrN2.ClH/c1-2-18-8-9-19-14-7-6-11(17)10-13(14)12-4-3-5-15(18)16(12)19;/h6-7,10,15H,2-5,8-9H2,1H3;1H. The van der Waals surface area contributed by atoms with Crippen LogP contribution in [0.25, 0.3) is 10.9 Å². The zero-order valence-electron chi connectivity index (χ0n) is 11.7. The fraction of sp³-hybridized carbons (Fsp3) is 0.500. The quantitative estimate of drug-likeness (QED) is 0.729. The molecular weight excluding hydrogens is 336 g/mol. The van der Waals surface area contributed by atoms with Gasteiger partial charge in [-0.1, -0.05) is 22.9 Å². The lowest BCUT2D eigenvalue weighted by molar-refractivity contribution is 0.149. The van der Waals surface area contributed by atoms with E-state index >= 15 is 0 Å². The van der Waals surface area contributed by atoms with Crippen LogP contribution in [0.15, 0.2) is 22.7 Å². The van der Waals surface area contributed by atoms with Gasteiger partial charge in [-0.15, -0.1) is 12.4 Å². The Morgan fingerprint density at radius 2 is 2.15 bits per heavy atom. The first kappa shape index (κ1) is 14.4. The molecule has 0 N–H and O–H groups in total. The summed E-state index contributed by atoms with van der Waals surface area (Å²) in [7, 11) is 0. The predicted molar refractivity (Wildman–Crippen MR) is 89.8 cm³/mol. The second kappa shape index (κ2) is 5.36. The van der Waals surface area contributed by atoms with E-state index in [9.17, 15) is 0 Å². The first-order valence-corrected chi connectivity index (χ1v) is 8.13. The average Bonchev–Trinajstić information content (AvgIpc) is 2.75. The van der Waals surface area contributed by atoms with Crippen LogP contribution in [0.2, 0.25) is 0 Å². The van der Waals surface area contributed by atoms with Gasteiger partial charge in [0.15, 0.2) is 0 Å². The number of halogens is 2. The van der Waals surface area contributed by atoms with Gasteiger partial charge in [0.2, 0.25) is 0 Å². The molecule has 0 spiro atoms. The Bertz CT molecular complexity index is 649. The molecule has 0 saturated heterocycles. The number of aryl methyl sites for hydroxylation is 1. The molecule has 0 bridgehead atoms. The van der Waals surface area contributed by atoms with Crippen LogP contribution in [0.3, 0.4) is 0 Å². The summed E-state index contributed by atoms with van der Waals surface area (Å²) in [5.74, 6) is 0. The molecule has 4 heteroatoms. The smallest absolute Gasteiger partial charge is 0.0504 e. The predicted octanol–water partition coefficient (Wildman–Crippen LogP) is 4.54. The maximum Gasteiger partial charge on any atom is 0.0504 e. The first-order chi connectivity index (χ1) is 9.29. The molecule has 1 aliphatic carbocycles. The number of hydrogen-bond donors (Lipinski definition) is 0. The van der Waals surface area contributed by atoms with Crippen molar-refractivity contribution in [3.63, 3.8) is 0 Å². The lowest BCUT2D eigenvalue weighted by Gasteiger charge is -2.39. The molecule has 0 radical (unpaired) electrons. The number of fused-ring (bicyclic) bond motifs is 3. The van der Waals surface area contributed by atoms with Crippen molar-refractivity contribution in [3.05, 3.63) is 33.9 Å². The summed E-state index contributed by atoms with van der Waals surface area (Å²) >= 11 is 3.63. The molecule has 0 amide bonds. The molecule has 1 unspecified atom stereocenters. The zero-order valence-corrected chi connectivity index (χ0v) is 14.1. The molecule has 1 aromatic carbocycles. The number of nitrogens with zero attached hydrogens (tertiary/aromatic N) is 2. The van der Waals surface area contributed by atoms with E-state index in [4.69, 9.17) is 0 Å². The van der Waals surface area contributed by atoms with Crippen molar-refractivity contribution in [1.82, 2.24) is 9.47 Å². The van der Waals surface area contributed by atoms with Gasteiger partial charge in [0.25, 0.3) is 0 Å². The summed E-state index contributed by atoms with van der Waals surface area (Å²) in [6, 6.07) is 7.44. The van der Waals surface area contributed by atoms with Crippen molar-refractivity contribution < 1.29 is 0 Å². The van der Waals surface area contributed by atoms with Gasteiger partial charge in [0, 0.05) is 34.2 Å². The van der Waals surface area contributed by atoms with Gasteiger partial charge in [0.1, 0.15) is 0 Å². The fourth-order valence-electron chi connectivity index (χ4n) is 4.03. The van der Waals surface area contributed by atoms with Crippen molar-refractivity contribution >= 4 is 39.2 Å².